The molecule has 0 N–H and O–H groups in total. The molecule has 1 fully saturated rings. The average Bonchev–Trinajstić information content (AvgIpc) is 2.62. The first-order chi connectivity index (χ1) is 12.4. The van der Waals surface area contributed by atoms with Gasteiger partial charge in [-0.1, -0.05) is 23.7 Å². The number of anilines is 1. The molecule has 1 aliphatic rings. The number of morpholine rings is 1. The number of nitrogens with zero attached hydrogens (tertiary/aromatic N) is 2. The van der Waals surface area contributed by atoms with Gasteiger partial charge < -0.3 is 9.64 Å². The Morgan fingerprint density at radius 2 is 1.81 bits per heavy atom. The van der Waals surface area contributed by atoms with Gasteiger partial charge in [0.2, 0.25) is 10.0 Å². The predicted molar refractivity (Wildman–Crippen MR) is 99.5 cm³/mol. The maximum atomic E-state index is 14.0. The van der Waals surface area contributed by atoms with Crippen molar-refractivity contribution in [3.05, 3.63) is 58.9 Å². The number of halogens is 2. The van der Waals surface area contributed by atoms with Crippen LogP contribution < -0.4 is 4.90 Å². The van der Waals surface area contributed by atoms with Crippen molar-refractivity contribution in [2.24, 2.45) is 0 Å². The van der Waals surface area contributed by atoms with Crippen LogP contribution in [0.15, 0.2) is 47.4 Å². The second-order valence-electron chi connectivity index (χ2n) is 6.10. The number of sulfonamides is 1. The zero-order valence-electron chi connectivity index (χ0n) is 14.4. The molecule has 0 aliphatic carbocycles. The molecule has 0 saturated carbocycles. The highest BCUT2D eigenvalue weighted by molar-refractivity contribution is 7.89. The van der Waals surface area contributed by atoms with E-state index in [1.54, 1.807) is 0 Å². The number of hydrogen-bond donors (Lipinski definition) is 0. The van der Waals surface area contributed by atoms with Gasteiger partial charge in [-0.3, -0.25) is 0 Å². The molecule has 0 radical (unpaired) electrons. The lowest BCUT2D eigenvalue weighted by Crippen LogP contribution is -2.36. The summed E-state index contributed by atoms with van der Waals surface area (Å²) in [5.41, 5.74) is 1.90. The van der Waals surface area contributed by atoms with Crippen LogP contribution in [-0.4, -0.2) is 46.1 Å². The van der Waals surface area contributed by atoms with Gasteiger partial charge >= 0.3 is 0 Å². The third-order valence-corrected chi connectivity index (χ3v) is 6.37. The molecule has 0 atom stereocenters. The highest BCUT2D eigenvalue weighted by atomic mass is 35.5. The van der Waals surface area contributed by atoms with E-state index in [9.17, 15) is 12.8 Å². The van der Waals surface area contributed by atoms with Crippen LogP contribution in [0.1, 0.15) is 5.56 Å². The molecule has 140 valence electrons. The van der Waals surface area contributed by atoms with Crippen molar-refractivity contribution in [1.82, 2.24) is 4.31 Å². The van der Waals surface area contributed by atoms with Gasteiger partial charge in [0.25, 0.3) is 0 Å². The molecule has 0 spiro atoms. The molecule has 0 amide bonds. The summed E-state index contributed by atoms with van der Waals surface area (Å²) in [6.45, 7) is 3.23. The molecule has 26 heavy (non-hydrogen) atoms. The lowest BCUT2D eigenvalue weighted by molar-refractivity contribution is 0.122. The van der Waals surface area contributed by atoms with Crippen LogP contribution in [-0.2, 0) is 21.3 Å². The largest absolute Gasteiger partial charge is 0.378 e. The van der Waals surface area contributed by atoms with E-state index in [0.717, 1.165) is 34.7 Å². The van der Waals surface area contributed by atoms with Crippen molar-refractivity contribution in [2.45, 2.75) is 11.4 Å². The first-order valence-electron chi connectivity index (χ1n) is 8.21. The van der Waals surface area contributed by atoms with Crippen molar-refractivity contribution in [3.63, 3.8) is 0 Å². The normalized spacial score (nSPS) is 15.5. The van der Waals surface area contributed by atoms with Gasteiger partial charge in [0.05, 0.1) is 13.2 Å². The summed E-state index contributed by atoms with van der Waals surface area (Å²) in [5.74, 6) is -0.855. The van der Waals surface area contributed by atoms with Gasteiger partial charge in [0.1, 0.15) is 10.7 Å². The Labute approximate surface area is 158 Å². The van der Waals surface area contributed by atoms with Crippen LogP contribution in [0.2, 0.25) is 5.02 Å². The fourth-order valence-electron chi connectivity index (χ4n) is 2.83. The monoisotopic (exact) mass is 398 g/mol. The van der Waals surface area contributed by atoms with Gasteiger partial charge in [-0.2, -0.15) is 4.31 Å². The molecule has 1 aliphatic heterocycles. The van der Waals surface area contributed by atoms with Gasteiger partial charge in [0, 0.05) is 37.4 Å². The molecule has 0 unspecified atom stereocenters. The van der Waals surface area contributed by atoms with Crippen molar-refractivity contribution >= 4 is 27.3 Å². The van der Waals surface area contributed by atoms with Gasteiger partial charge in [-0.05, 0) is 35.9 Å². The molecule has 0 bridgehead atoms. The Bertz CT molecular complexity index is 869. The molecule has 2 aromatic rings. The summed E-state index contributed by atoms with van der Waals surface area (Å²) in [5, 5.41) is 0.155. The topological polar surface area (TPSA) is 49.9 Å². The summed E-state index contributed by atoms with van der Waals surface area (Å²) in [6.07, 6.45) is 0. The maximum absolute atomic E-state index is 14.0. The van der Waals surface area contributed by atoms with Crippen LogP contribution in [0.4, 0.5) is 10.1 Å². The third-order valence-electron chi connectivity index (χ3n) is 4.30. The van der Waals surface area contributed by atoms with E-state index in [0.29, 0.717) is 13.2 Å². The number of ether oxygens (including phenoxy) is 1. The quantitative estimate of drug-likeness (QED) is 0.776. The molecule has 5 nitrogen and oxygen atoms in total. The molecule has 1 saturated heterocycles. The van der Waals surface area contributed by atoms with Crippen molar-refractivity contribution in [2.75, 3.05) is 38.3 Å². The van der Waals surface area contributed by atoms with Crippen LogP contribution in [0.5, 0.6) is 0 Å². The van der Waals surface area contributed by atoms with Gasteiger partial charge in [-0.25, -0.2) is 12.8 Å². The molecule has 0 aromatic heterocycles. The SMILES string of the molecule is CN(Cc1ccc(N2CCOCC2)cc1)S(=O)(=O)c1ccc(Cl)cc1F. The lowest BCUT2D eigenvalue weighted by Gasteiger charge is -2.29. The van der Waals surface area contributed by atoms with E-state index in [-0.39, 0.29) is 16.5 Å². The zero-order chi connectivity index (χ0) is 18.7. The van der Waals surface area contributed by atoms with E-state index in [2.05, 4.69) is 4.90 Å². The minimum Gasteiger partial charge on any atom is -0.378 e. The van der Waals surface area contributed by atoms with Gasteiger partial charge in [0.15, 0.2) is 0 Å². The summed E-state index contributed by atoms with van der Waals surface area (Å²) in [7, 11) is -2.51. The first kappa shape index (κ1) is 19.1. The van der Waals surface area contributed by atoms with Crippen molar-refractivity contribution < 1.29 is 17.5 Å². The van der Waals surface area contributed by atoms with Crippen molar-refractivity contribution in [1.29, 1.82) is 0 Å². The van der Waals surface area contributed by atoms with Crippen LogP contribution in [0.3, 0.4) is 0 Å². The smallest absolute Gasteiger partial charge is 0.246 e. The Balaban J connectivity index is 1.73. The molecule has 1 heterocycles. The second kappa shape index (κ2) is 7.92. The van der Waals surface area contributed by atoms with E-state index in [4.69, 9.17) is 16.3 Å². The Hall–Kier alpha value is -1.67. The number of hydrogen-bond acceptors (Lipinski definition) is 4. The fourth-order valence-corrected chi connectivity index (χ4v) is 4.19. The summed E-state index contributed by atoms with van der Waals surface area (Å²) in [6, 6.07) is 11.2. The average molecular weight is 399 g/mol. The summed E-state index contributed by atoms with van der Waals surface area (Å²) < 4.78 is 45.7. The highest BCUT2D eigenvalue weighted by Gasteiger charge is 2.24. The summed E-state index contributed by atoms with van der Waals surface area (Å²) in [4.78, 5) is 1.84. The molecular weight excluding hydrogens is 379 g/mol. The standard InChI is InChI=1S/C18H20ClFN2O3S/c1-21(26(23,24)18-7-4-15(19)12-17(18)20)13-14-2-5-16(6-3-14)22-8-10-25-11-9-22/h2-7,12H,8-11,13H2,1H3. The van der Waals surface area contributed by atoms with Crippen molar-refractivity contribution in [3.8, 4) is 0 Å². The Morgan fingerprint density at radius 1 is 1.15 bits per heavy atom. The fraction of sp³-hybridized carbons (Fsp3) is 0.333. The van der Waals surface area contributed by atoms with E-state index >= 15 is 0 Å². The van der Waals surface area contributed by atoms with Crippen LogP contribution in [0.25, 0.3) is 0 Å². The number of rotatable bonds is 5. The zero-order valence-corrected chi connectivity index (χ0v) is 15.9. The lowest BCUT2D eigenvalue weighted by atomic mass is 10.2. The second-order valence-corrected chi connectivity index (χ2v) is 8.55. The molecule has 3 rings (SSSR count). The van der Waals surface area contributed by atoms with Crippen LogP contribution >= 0.6 is 11.6 Å². The third kappa shape index (κ3) is 4.17. The molecular formula is C18H20ClFN2O3S. The number of benzene rings is 2. The maximum Gasteiger partial charge on any atom is 0.246 e. The van der Waals surface area contributed by atoms with E-state index < -0.39 is 15.8 Å². The predicted octanol–water partition coefficient (Wildman–Crippen LogP) is 3.14. The van der Waals surface area contributed by atoms with Crippen LogP contribution in [0, 0.1) is 5.82 Å². The minimum absolute atomic E-state index is 0.147. The minimum atomic E-state index is -3.94. The van der Waals surface area contributed by atoms with E-state index in [1.165, 1.54) is 19.2 Å². The first-order valence-corrected chi connectivity index (χ1v) is 10.0. The molecule has 8 heteroatoms. The van der Waals surface area contributed by atoms with Gasteiger partial charge in [-0.15, -0.1) is 0 Å². The van der Waals surface area contributed by atoms with E-state index in [1.807, 2.05) is 24.3 Å². The Morgan fingerprint density at radius 3 is 2.42 bits per heavy atom. The molecule has 2 aromatic carbocycles. The highest BCUT2D eigenvalue weighted by Crippen LogP contribution is 2.23. The Kier molecular flexibility index (Phi) is 5.82. The summed E-state index contributed by atoms with van der Waals surface area (Å²) >= 11 is 5.69.